The molecular formula is C25H30N2O2. The lowest BCUT2D eigenvalue weighted by molar-refractivity contribution is 0.0582. The topological polar surface area (TPSA) is 62.5 Å². The predicted molar refractivity (Wildman–Crippen MR) is 114 cm³/mol. The molecule has 5 rings (SSSR count). The molecule has 6 atom stereocenters. The Labute approximate surface area is 172 Å². The molecule has 1 heterocycles. The van der Waals surface area contributed by atoms with E-state index in [1.807, 2.05) is 24.5 Å². The van der Waals surface area contributed by atoms with Gasteiger partial charge in [0.1, 0.15) is 5.69 Å². The summed E-state index contributed by atoms with van der Waals surface area (Å²) in [7, 11) is 0. The quantitative estimate of drug-likeness (QED) is 0.698. The van der Waals surface area contributed by atoms with Crippen LogP contribution in [0.25, 0.3) is 0 Å². The molecule has 1 aromatic carbocycles. The molecule has 1 N–H and O–H groups in total. The van der Waals surface area contributed by atoms with Gasteiger partial charge in [-0.2, -0.15) is 0 Å². The Morgan fingerprint density at radius 2 is 1.83 bits per heavy atom. The number of pyridine rings is 1. The Hall–Kier alpha value is -2.07. The number of hydrogen-bond donors (Lipinski definition) is 1. The summed E-state index contributed by atoms with van der Waals surface area (Å²) < 4.78 is 0. The van der Waals surface area contributed by atoms with Crippen molar-refractivity contribution in [3.8, 4) is 0 Å². The second-order valence-corrected chi connectivity index (χ2v) is 9.44. The molecule has 0 radical (unpaired) electrons. The summed E-state index contributed by atoms with van der Waals surface area (Å²) >= 11 is 0. The first kappa shape index (κ1) is 18.9. The van der Waals surface area contributed by atoms with Crippen molar-refractivity contribution in [3.05, 3.63) is 64.3 Å². The van der Waals surface area contributed by atoms with Gasteiger partial charge in [0.2, 0.25) is 0 Å². The van der Waals surface area contributed by atoms with Crippen LogP contribution < -0.4 is 0 Å². The first-order valence-corrected chi connectivity index (χ1v) is 11.3. The van der Waals surface area contributed by atoms with Gasteiger partial charge in [-0.05, 0) is 114 Å². The molecule has 2 saturated carbocycles. The van der Waals surface area contributed by atoms with Crippen LogP contribution in [0.2, 0.25) is 0 Å². The fourth-order valence-electron chi connectivity index (χ4n) is 6.78. The Balaban J connectivity index is 1.42. The van der Waals surface area contributed by atoms with Crippen LogP contribution in [-0.4, -0.2) is 16.2 Å². The monoisotopic (exact) mass is 390 g/mol. The van der Waals surface area contributed by atoms with Crippen LogP contribution in [0.1, 0.15) is 61.1 Å². The summed E-state index contributed by atoms with van der Waals surface area (Å²) in [5.74, 6) is 2.62. The highest BCUT2D eigenvalue weighted by Gasteiger charge is 2.48. The van der Waals surface area contributed by atoms with E-state index in [0.717, 1.165) is 19.3 Å². The highest BCUT2D eigenvalue weighted by molar-refractivity contribution is 5.46. The van der Waals surface area contributed by atoms with Gasteiger partial charge in [0.25, 0.3) is 0 Å². The average molecular weight is 391 g/mol. The van der Waals surface area contributed by atoms with E-state index in [1.54, 1.807) is 0 Å². The third kappa shape index (κ3) is 3.52. The number of aromatic nitrogens is 1. The minimum atomic E-state index is -0.185. The molecule has 152 valence electrons. The molecule has 3 aliphatic rings. The lowest BCUT2D eigenvalue weighted by Crippen LogP contribution is -2.33. The molecule has 4 nitrogen and oxygen atoms in total. The van der Waals surface area contributed by atoms with Crippen molar-refractivity contribution in [2.45, 2.75) is 63.4 Å². The zero-order chi connectivity index (χ0) is 19.8. The minimum absolute atomic E-state index is 0.185. The van der Waals surface area contributed by atoms with Crippen molar-refractivity contribution in [2.24, 2.45) is 28.8 Å². The van der Waals surface area contributed by atoms with E-state index in [-0.39, 0.29) is 6.10 Å². The van der Waals surface area contributed by atoms with Crippen LogP contribution in [0.3, 0.4) is 0 Å². The van der Waals surface area contributed by atoms with Crippen molar-refractivity contribution < 1.29 is 5.11 Å². The van der Waals surface area contributed by atoms with Crippen molar-refractivity contribution in [1.29, 1.82) is 0 Å². The van der Waals surface area contributed by atoms with E-state index < -0.39 is 0 Å². The van der Waals surface area contributed by atoms with E-state index in [1.165, 1.54) is 48.8 Å². The number of fused-ring (bicyclic) bond motifs is 5. The van der Waals surface area contributed by atoms with Gasteiger partial charge in [-0.1, -0.05) is 18.9 Å². The second-order valence-electron chi connectivity index (χ2n) is 9.44. The van der Waals surface area contributed by atoms with Gasteiger partial charge < -0.3 is 5.11 Å². The van der Waals surface area contributed by atoms with E-state index in [2.05, 4.69) is 28.4 Å². The first-order chi connectivity index (χ1) is 14.2. The summed E-state index contributed by atoms with van der Waals surface area (Å²) in [5, 5.41) is 14.4. The summed E-state index contributed by atoms with van der Waals surface area (Å²) in [6.07, 6.45) is 12.7. The maximum absolute atomic E-state index is 11.3. The molecule has 29 heavy (non-hydrogen) atoms. The summed E-state index contributed by atoms with van der Waals surface area (Å²) in [4.78, 5) is 15.1. The van der Waals surface area contributed by atoms with Crippen LogP contribution >= 0.6 is 0 Å². The van der Waals surface area contributed by atoms with Crippen molar-refractivity contribution in [2.75, 3.05) is 0 Å². The largest absolute Gasteiger partial charge is 0.393 e. The smallest absolute Gasteiger partial charge is 0.108 e. The molecule has 2 fully saturated rings. The van der Waals surface area contributed by atoms with E-state index in [0.29, 0.717) is 35.3 Å². The van der Waals surface area contributed by atoms with E-state index in [4.69, 9.17) is 0 Å². The van der Waals surface area contributed by atoms with Gasteiger partial charge in [0.05, 0.1) is 6.10 Å². The normalized spacial score (nSPS) is 33.7. The van der Waals surface area contributed by atoms with Crippen LogP contribution in [0.4, 0.5) is 5.69 Å². The summed E-state index contributed by atoms with van der Waals surface area (Å²) in [6, 6.07) is 10.2. The minimum Gasteiger partial charge on any atom is -0.393 e. The predicted octanol–water partition coefficient (Wildman–Crippen LogP) is 5.56. The zero-order valence-electron chi connectivity index (χ0n) is 16.9. The lowest BCUT2D eigenvalue weighted by atomic mass is 9.63. The number of aliphatic hydroxyl groups is 1. The van der Waals surface area contributed by atoms with Crippen molar-refractivity contribution >= 4 is 5.69 Å². The summed E-state index contributed by atoms with van der Waals surface area (Å²) in [6.45, 7) is 0. The highest BCUT2D eigenvalue weighted by Crippen LogP contribution is 2.54. The van der Waals surface area contributed by atoms with Crippen LogP contribution in [0.15, 0.2) is 47.9 Å². The third-order valence-corrected chi connectivity index (χ3v) is 8.04. The molecular weight excluding hydrogens is 360 g/mol. The summed E-state index contributed by atoms with van der Waals surface area (Å²) in [5.41, 5.74) is 4.62. The standard InChI is InChI=1S/C25H30N2O2/c28-25-18(13-16-9-11-26-12-10-16)15-24-22-7-5-17-14-19(27-29)6-8-20(17)21(22)3-1-2-4-23(24)25/h6,8-12,14,18,21-25,28H,1-5,7,13,15H2/t18?,21?,22?,23-,24?,25+/m1/s1. The van der Waals surface area contributed by atoms with Gasteiger partial charge >= 0.3 is 0 Å². The number of hydrogen-bond acceptors (Lipinski definition) is 4. The van der Waals surface area contributed by atoms with Gasteiger partial charge in [-0.15, -0.1) is 4.91 Å². The number of rotatable bonds is 3. The van der Waals surface area contributed by atoms with E-state index >= 15 is 0 Å². The Morgan fingerprint density at radius 3 is 2.66 bits per heavy atom. The molecule has 0 amide bonds. The highest BCUT2D eigenvalue weighted by atomic mass is 16.3. The van der Waals surface area contributed by atoms with Crippen molar-refractivity contribution in [1.82, 2.24) is 4.98 Å². The zero-order valence-corrected chi connectivity index (χ0v) is 16.9. The van der Waals surface area contributed by atoms with Crippen molar-refractivity contribution in [3.63, 3.8) is 0 Å². The first-order valence-electron chi connectivity index (χ1n) is 11.3. The number of nitroso groups, excluding NO2 is 1. The molecule has 1 aromatic heterocycles. The molecule has 0 aliphatic heterocycles. The fourth-order valence-corrected chi connectivity index (χ4v) is 6.78. The molecule has 4 unspecified atom stereocenters. The Bertz CT molecular complexity index is 868. The Morgan fingerprint density at radius 1 is 1.00 bits per heavy atom. The number of nitrogens with zero attached hydrogens (tertiary/aromatic N) is 2. The van der Waals surface area contributed by atoms with Crippen LogP contribution in [0.5, 0.6) is 0 Å². The van der Waals surface area contributed by atoms with E-state index in [9.17, 15) is 10.0 Å². The van der Waals surface area contributed by atoms with Gasteiger partial charge in [-0.3, -0.25) is 4.98 Å². The Kier molecular flexibility index (Phi) is 5.21. The maximum atomic E-state index is 11.3. The average Bonchev–Trinajstić information content (AvgIpc) is 3.04. The SMILES string of the molecule is O=Nc1ccc2c(c1)CCC1C2CCCC[C@@H]2C1CC(Cc1ccncc1)[C@@H]2O. The number of aryl methyl sites for hydroxylation is 1. The second kappa shape index (κ2) is 7.98. The molecule has 3 aliphatic carbocycles. The van der Waals surface area contributed by atoms with Gasteiger partial charge in [-0.25, -0.2) is 0 Å². The van der Waals surface area contributed by atoms with Gasteiger partial charge in [0, 0.05) is 12.4 Å². The lowest BCUT2D eigenvalue weighted by Gasteiger charge is -2.41. The van der Waals surface area contributed by atoms with Crippen LogP contribution in [0, 0.1) is 28.6 Å². The third-order valence-electron chi connectivity index (χ3n) is 8.04. The molecule has 0 spiro atoms. The molecule has 4 heteroatoms. The molecule has 0 saturated heterocycles. The van der Waals surface area contributed by atoms with Gasteiger partial charge in [0.15, 0.2) is 0 Å². The number of benzene rings is 1. The fraction of sp³-hybridized carbons (Fsp3) is 0.560. The molecule has 2 aromatic rings. The van der Waals surface area contributed by atoms with Crippen LogP contribution in [-0.2, 0) is 12.8 Å². The maximum Gasteiger partial charge on any atom is 0.108 e. The molecule has 0 bridgehead atoms. The number of aliphatic hydroxyl groups excluding tert-OH is 1.